The zero-order valence-electron chi connectivity index (χ0n) is 6.77. The molecule has 1 aromatic carbocycles. The molecule has 0 nitrogen and oxygen atoms in total. The molecular formula is C9H10Cl3Ti. The molecule has 1 aliphatic carbocycles. The Kier molecular flexibility index (Phi) is 8.51. The van der Waals surface area contributed by atoms with Crippen molar-refractivity contribution in [3.63, 3.8) is 0 Å². The Bertz CT molecular complexity index is 286. The molecule has 1 aliphatic rings. The molecule has 0 aromatic heterocycles. The second-order valence-corrected chi connectivity index (χ2v) is 3.44. The van der Waals surface area contributed by atoms with E-state index < -0.39 is 0 Å². The molecule has 0 aliphatic heterocycles. The van der Waals surface area contributed by atoms with Gasteiger partial charge in [0.2, 0.25) is 0 Å². The molecule has 1 unspecified atom stereocenters. The molecule has 0 N–H and O–H groups in total. The molecule has 0 radical (unpaired) electrons. The summed E-state index contributed by atoms with van der Waals surface area (Å²) in [6, 6.07) is 8.54. The molecule has 0 saturated heterocycles. The van der Waals surface area contributed by atoms with Gasteiger partial charge in [-0.3, -0.25) is 0 Å². The SMILES string of the molecule is Cl.Cl.Cl.[Ti][CH]1C=Cc2ccccc21. The Morgan fingerprint density at radius 3 is 2.23 bits per heavy atom. The van der Waals surface area contributed by atoms with Crippen molar-refractivity contribution >= 4 is 43.3 Å². The zero-order valence-corrected chi connectivity index (χ0v) is 10.8. The number of rotatable bonds is 0. The predicted molar refractivity (Wildman–Crippen MR) is 60.0 cm³/mol. The number of benzene rings is 1. The molecule has 13 heavy (non-hydrogen) atoms. The summed E-state index contributed by atoms with van der Waals surface area (Å²) in [5, 5.41) is 0. The summed E-state index contributed by atoms with van der Waals surface area (Å²) in [5.74, 6) is 0. The van der Waals surface area contributed by atoms with Crippen molar-refractivity contribution in [1.29, 1.82) is 0 Å². The Morgan fingerprint density at radius 1 is 1.00 bits per heavy atom. The van der Waals surface area contributed by atoms with Gasteiger partial charge in [0.15, 0.2) is 0 Å². The van der Waals surface area contributed by atoms with Crippen molar-refractivity contribution in [2.24, 2.45) is 0 Å². The molecule has 4 heteroatoms. The van der Waals surface area contributed by atoms with Crippen molar-refractivity contribution in [2.45, 2.75) is 4.22 Å². The average Bonchev–Trinajstić information content (AvgIpc) is 2.34. The van der Waals surface area contributed by atoms with E-state index in [1.165, 1.54) is 11.1 Å². The summed E-state index contributed by atoms with van der Waals surface area (Å²) in [4.78, 5) is 0. The summed E-state index contributed by atoms with van der Waals surface area (Å²) >= 11 is 2.22. The second kappa shape index (κ2) is 6.92. The van der Waals surface area contributed by atoms with Gasteiger partial charge in [-0.15, -0.1) is 37.2 Å². The number of hydrogen-bond acceptors (Lipinski definition) is 0. The van der Waals surface area contributed by atoms with Crippen LogP contribution in [-0.4, -0.2) is 0 Å². The van der Waals surface area contributed by atoms with Gasteiger partial charge in [0.1, 0.15) is 0 Å². The molecule has 1 aromatic rings. The normalized spacial score (nSPS) is 16.1. The maximum atomic E-state index is 2.24. The first kappa shape index (κ1) is 16.0. The van der Waals surface area contributed by atoms with Gasteiger partial charge in [0.25, 0.3) is 0 Å². The third-order valence-corrected chi connectivity index (χ3v) is 2.59. The number of fused-ring (bicyclic) bond motifs is 1. The van der Waals surface area contributed by atoms with Gasteiger partial charge in [0.05, 0.1) is 0 Å². The van der Waals surface area contributed by atoms with Crippen LogP contribution >= 0.6 is 37.2 Å². The first-order chi connectivity index (χ1) is 4.88. The van der Waals surface area contributed by atoms with Crippen molar-refractivity contribution in [3.05, 3.63) is 41.5 Å². The van der Waals surface area contributed by atoms with Gasteiger partial charge in [0, 0.05) is 0 Å². The van der Waals surface area contributed by atoms with E-state index in [0.717, 1.165) is 0 Å². The average molecular weight is 272 g/mol. The summed E-state index contributed by atoms with van der Waals surface area (Å²) < 4.78 is 0.621. The predicted octanol–water partition coefficient (Wildman–Crippen LogP) is 3.57. The molecule has 0 fully saturated rings. The van der Waals surface area contributed by atoms with Gasteiger partial charge >= 0.3 is 72.2 Å². The minimum atomic E-state index is 0. The van der Waals surface area contributed by atoms with E-state index in [1.807, 2.05) is 0 Å². The van der Waals surface area contributed by atoms with Crippen molar-refractivity contribution in [1.82, 2.24) is 0 Å². The topological polar surface area (TPSA) is 0 Å². The second-order valence-electron chi connectivity index (χ2n) is 2.47. The number of allylic oxidation sites excluding steroid dienone is 1. The van der Waals surface area contributed by atoms with Crippen molar-refractivity contribution in [2.75, 3.05) is 0 Å². The third-order valence-electron chi connectivity index (χ3n) is 1.80. The number of hydrogen-bond donors (Lipinski definition) is 0. The molecular weight excluding hydrogens is 262 g/mol. The van der Waals surface area contributed by atoms with Crippen LogP contribution < -0.4 is 0 Å². The van der Waals surface area contributed by atoms with Crippen LogP contribution in [0.3, 0.4) is 0 Å². The molecule has 0 amide bonds. The quantitative estimate of drug-likeness (QED) is 0.633. The van der Waals surface area contributed by atoms with E-state index in [-0.39, 0.29) is 37.2 Å². The van der Waals surface area contributed by atoms with Gasteiger partial charge in [-0.1, -0.05) is 0 Å². The van der Waals surface area contributed by atoms with E-state index in [1.54, 1.807) is 0 Å². The maximum absolute atomic E-state index is 2.24. The standard InChI is InChI=1S/C9H7.3ClH.Ti/c1-2-5-9-7-3-6-8(9)4-1;;;;/h1-7H;3*1H;. The van der Waals surface area contributed by atoms with Gasteiger partial charge in [-0.05, 0) is 0 Å². The van der Waals surface area contributed by atoms with Crippen molar-refractivity contribution in [3.8, 4) is 0 Å². The van der Waals surface area contributed by atoms with Crippen LogP contribution in [0.2, 0.25) is 0 Å². The third kappa shape index (κ3) is 3.30. The van der Waals surface area contributed by atoms with Crippen LogP contribution in [0.5, 0.6) is 0 Å². The fraction of sp³-hybridized carbons (Fsp3) is 0.111. The monoisotopic (exact) mass is 271 g/mol. The van der Waals surface area contributed by atoms with E-state index >= 15 is 0 Å². The molecule has 71 valence electrons. The molecule has 1 atom stereocenters. The molecule has 0 spiro atoms. The fourth-order valence-electron chi connectivity index (χ4n) is 1.25. The molecule has 0 heterocycles. The van der Waals surface area contributed by atoms with Crippen molar-refractivity contribution < 1.29 is 20.4 Å². The summed E-state index contributed by atoms with van der Waals surface area (Å²) in [6.07, 6.45) is 4.44. The Hall–Kier alpha value is 0.544. The number of halogens is 3. The first-order valence-corrected chi connectivity index (χ1v) is 4.26. The fourth-order valence-corrected chi connectivity index (χ4v) is 1.81. The van der Waals surface area contributed by atoms with Gasteiger partial charge in [-0.25, -0.2) is 0 Å². The van der Waals surface area contributed by atoms with E-state index in [2.05, 4.69) is 56.9 Å². The Balaban J connectivity index is 0. The van der Waals surface area contributed by atoms with Crippen LogP contribution in [0.25, 0.3) is 6.08 Å². The van der Waals surface area contributed by atoms with Gasteiger partial charge in [-0.2, -0.15) is 0 Å². The summed E-state index contributed by atoms with van der Waals surface area (Å²) in [5.41, 5.74) is 2.84. The van der Waals surface area contributed by atoms with Gasteiger partial charge < -0.3 is 0 Å². The van der Waals surface area contributed by atoms with E-state index in [9.17, 15) is 0 Å². The van der Waals surface area contributed by atoms with Crippen LogP contribution in [0, 0.1) is 0 Å². The Labute approximate surface area is 109 Å². The Morgan fingerprint density at radius 2 is 1.62 bits per heavy atom. The van der Waals surface area contributed by atoms with Crippen LogP contribution in [0.1, 0.15) is 15.3 Å². The summed E-state index contributed by atoms with van der Waals surface area (Å²) in [7, 11) is 0. The first-order valence-electron chi connectivity index (χ1n) is 3.36. The van der Waals surface area contributed by atoms with Crippen LogP contribution in [-0.2, 0) is 20.4 Å². The van der Waals surface area contributed by atoms with Crippen LogP contribution in [0.15, 0.2) is 30.3 Å². The van der Waals surface area contributed by atoms with E-state index in [4.69, 9.17) is 0 Å². The van der Waals surface area contributed by atoms with E-state index in [0.29, 0.717) is 4.22 Å². The zero-order chi connectivity index (χ0) is 6.97. The molecule has 0 saturated carbocycles. The molecule has 0 bridgehead atoms. The summed E-state index contributed by atoms with van der Waals surface area (Å²) in [6.45, 7) is 0. The minimum absolute atomic E-state index is 0. The molecule has 2 rings (SSSR count). The van der Waals surface area contributed by atoms with Crippen LogP contribution in [0.4, 0.5) is 0 Å².